The first-order valence-electron chi connectivity index (χ1n) is 7.37. The highest BCUT2D eigenvalue weighted by atomic mass is 35.5. The molecule has 20 heavy (non-hydrogen) atoms. The predicted octanol–water partition coefficient (Wildman–Crippen LogP) is 4.57. The van der Waals surface area contributed by atoms with Crippen molar-refractivity contribution in [3.63, 3.8) is 0 Å². The van der Waals surface area contributed by atoms with Gasteiger partial charge in [-0.05, 0) is 37.8 Å². The summed E-state index contributed by atoms with van der Waals surface area (Å²) in [5.74, 6) is 1.97. The second-order valence-electron chi connectivity index (χ2n) is 5.04. The van der Waals surface area contributed by atoms with Crippen molar-refractivity contribution in [1.82, 2.24) is 0 Å². The van der Waals surface area contributed by atoms with E-state index in [0.29, 0.717) is 35.7 Å². The van der Waals surface area contributed by atoms with Crippen molar-refractivity contribution in [2.75, 3.05) is 13.2 Å². The maximum Gasteiger partial charge on any atom is 0.162 e. The Bertz CT molecular complexity index is 423. The fraction of sp³-hybridized carbons (Fsp3) is 0.625. The van der Waals surface area contributed by atoms with Crippen LogP contribution in [0.15, 0.2) is 12.1 Å². The first-order valence-corrected chi connectivity index (χ1v) is 7.75. The zero-order valence-electron chi connectivity index (χ0n) is 12.9. The lowest BCUT2D eigenvalue weighted by Crippen LogP contribution is -2.15. The molecule has 114 valence electrons. The number of halogens is 1. The molecule has 0 saturated carbocycles. The minimum absolute atomic E-state index is 0.0765. The molecule has 0 aliphatic heterocycles. The normalized spacial score (nSPS) is 13.9. The Hall–Kier alpha value is -0.930. The van der Waals surface area contributed by atoms with Crippen LogP contribution in [0.25, 0.3) is 0 Å². The summed E-state index contributed by atoms with van der Waals surface area (Å²) in [5, 5.41) is 0.646. The molecule has 0 fully saturated rings. The molecule has 3 nitrogen and oxygen atoms in total. The summed E-state index contributed by atoms with van der Waals surface area (Å²) in [5.41, 5.74) is 7.21. The van der Waals surface area contributed by atoms with Crippen LogP contribution in [0.2, 0.25) is 5.02 Å². The molecular weight excluding hydrogens is 274 g/mol. The van der Waals surface area contributed by atoms with Gasteiger partial charge in [0.2, 0.25) is 0 Å². The van der Waals surface area contributed by atoms with Crippen LogP contribution in [-0.4, -0.2) is 13.2 Å². The molecule has 0 bridgehead atoms. The summed E-state index contributed by atoms with van der Waals surface area (Å²) in [6.45, 7) is 9.42. The van der Waals surface area contributed by atoms with Crippen LogP contribution in [0.5, 0.6) is 11.5 Å². The molecule has 4 heteroatoms. The van der Waals surface area contributed by atoms with Gasteiger partial charge >= 0.3 is 0 Å². The van der Waals surface area contributed by atoms with Gasteiger partial charge in [0.15, 0.2) is 11.5 Å². The van der Waals surface area contributed by atoms with Gasteiger partial charge in [-0.25, -0.2) is 0 Å². The number of benzene rings is 1. The first kappa shape index (κ1) is 17.1. The highest BCUT2D eigenvalue weighted by molar-refractivity contribution is 6.31. The van der Waals surface area contributed by atoms with Crippen LogP contribution < -0.4 is 15.2 Å². The third-order valence-electron chi connectivity index (χ3n) is 3.42. The molecule has 0 aliphatic carbocycles. The van der Waals surface area contributed by atoms with Crippen molar-refractivity contribution >= 4 is 11.6 Å². The Balaban J connectivity index is 3.04. The number of rotatable bonds is 8. The van der Waals surface area contributed by atoms with E-state index in [2.05, 4.69) is 13.8 Å². The lowest BCUT2D eigenvalue weighted by Gasteiger charge is -2.20. The standard InChI is InChI=1S/C16H26ClNO2/c1-5-11(4)8-14(18)12-9-15(19-6-2)16(20-7-3)10-13(12)17/h9-11,14H,5-8,18H2,1-4H3. The van der Waals surface area contributed by atoms with Gasteiger partial charge in [0.1, 0.15) is 0 Å². The van der Waals surface area contributed by atoms with E-state index in [1.165, 1.54) is 0 Å². The predicted molar refractivity (Wildman–Crippen MR) is 84.8 cm³/mol. The lowest BCUT2D eigenvalue weighted by atomic mass is 9.94. The summed E-state index contributed by atoms with van der Waals surface area (Å²) < 4.78 is 11.2. The van der Waals surface area contributed by atoms with Crippen LogP contribution in [0.1, 0.15) is 52.1 Å². The summed E-state index contributed by atoms with van der Waals surface area (Å²) in [6, 6.07) is 3.65. The van der Waals surface area contributed by atoms with Crippen molar-refractivity contribution in [2.45, 2.75) is 46.6 Å². The number of hydrogen-bond donors (Lipinski definition) is 1. The van der Waals surface area contributed by atoms with Gasteiger partial charge in [-0.3, -0.25) is 0 Å². The highest BCUT2D eigenvalue weighted by Crippen LogP contribution is 2.37. The van der Waals surface area contributed by atoms with E-state index in [1.807, 2.05) is 26.0 Å². The Kier molecular flexibility index (Phi) is 7.17. The summed E-state index contributed by atoms with van der Waals surface area (Å²) >= 11 is 6.34. The van der Waals surface area contributed by atoms with Crippen LogP contribution >= 0.6 is 11.6 Å². The van der Waals surface area contributed by atoms with Crippen molar-refractivity contribution in [1.29, 1.82) is 0 Å². The van der Waals surface area contributed by atoms with Crippen LogP contribution in [0.4, 0.5) is 0 Å². The molecule has 0 amide bonds. The molecule has 1 aromatic carbocycles. The summed E-state index contributed by atoms with van der Waals surface area (Å²) in [6.07, 6.45) is 2.02. The molecule has 0 spiro atoms. The average molecular weight is 300 g/mol. The molecule has 2 atom stereocenters. The monoisotopic (exact) mass is 299 g/mol. The molecular formula is C16H26ClNO2. The van der Waals surface area contributed by atoms with E-state index in [4.69, 9.17) is 26.8 Å². The molecule has 2 N–H and O–H groups in total. The van der Waals surface area contributed by atoms with Gasteiger partial charge in [-0.15, -0.1) is 0 Å². The topological polar surface area (TPSA) is 44.5 Å². The molecule has 0 aliphatic rings. The smallest absolute Gasteiger partial charge is 0.162 e. The zero-order valence-corrected chi connectivity index (χ0v) is 13.7. The minimum atomic E-state index is -0.0765. The average Bonchev–Trinajstić information content (AvgIpc) is 2.41. The quantitative estimate of drug-likeness (QED) is 0.764. The summed E-state index contributed by atoms with van der Waals surface area (Å²) in [7, 11) is 0. The maximum absolute atomic E-state index is 6.34. The number of hydrogen-bond acceptors (Lipinski definition) is 3. The van der Waals surface area contributed by atoms with Crippen LogP contribution in [-0.2, 0) is 0 Å². The van der Waals surface area contributed by atoms with Crippen molar-refractivity contribution in [3.8, 4) is 11.5 Å². The number of nitrogens with two attached hydrogens (primary N) is 1. The highest BCUT2D eigenvalue weighted by Gasteiger charge is 2.17. The van der Waals surface area contributed by atoms with Gasteiger partial charge in [-0.2, -0.15) is 0 Å². The van der Waals surface area contributed by atoms with E-state index in [9.17, 15) is 0 Å². The van der Waals surface area contributed by atoms with E-state index < -0.39 is 0 Å². The van der Waals surface area contributed by atoms with Gasteiger partial charge in [0.25, 0.3) is 0 Å². The molecule has 2 unspecified atom stereocenters. The fourth-order valence-electron chi connectivity index (χ4n) is 2.10. The Morgan fingerprint density at radius 2 is 1.65 bits per heavy atom. The Morgan fingerprint density at radius 3 is 2.15 bits per heavy atom. The summed E-state index contributed by atoms with van der Waals surface area (Å²) in [4.78, 5) is 0. The molecule has 0 saturated heterocycles. The van der Waals surface area contributed by atoms with Gasteiger partial charge in [0, 0.05) is 17.1 Å². The van der Waals surface area contributed by atoms with Crippen molar-refractivity contribution in [3.05, 3.63) is 22.7 Å². The maximum atomic E-state index is 6.34. The van der Waals surface area contributed by atoms with Crippen molar-refractivity contribution < 1.29 is 9.47 Å². The van der Waals surface area contributed by atoms with Crippen LogP contribution in [0.3, 0.4) is 0 Å². The largest absolute Gasteiger partial charge is 0.490 e. The number of ether oxygens (including phenoxy) is 2. The fourth-order valence-corrected chi connectivity index (χ4v) is 2.39. The molecule has 0 radical (unpaired) electrons. The zero-order chi connectivity index (χ0) is 15.1. The molecule has 0 aromatic heterocycles. The SMILES string of the molecule is CCOc1cc(Cl)c(C(N)CC(C)CC)cc1OCC. The first-order chi connectivity index (χ1) is 9.53. The molecule has 1 aromatic rings. The Morgan fingerprint density at radius 1 is 1.10 bits per heavy atom. The van der Waals surface area contributed by atoms with E-state index in [1.54, 1.807) is 0 Å². The van der Waals surface area contributed by atoms with E-state index in [0.717, 1.165) is 18.4 Å². The third kappa shape index (κ3) is 4.57. The van der Waals surface area contributed by atoms with Crippen LogP contribution in [0, 0.1) is 5.92 Å². The molecule has 1 rings (SSSR count). The van der Waals surface area contributed by atoms with Gasteiger partial charge < -0.3 is 15.2 Å². The second-order valence-corrected chi connectivity index (χ2v) is 5.45. The Labute approximate surface area is 127 Å². The minimum Gasteiger partial charge on any atom is -0.490 e. The van der Waals surface area contributed by atoms with Gasteiger partial charge in [-0.1, -0.05) is 31.9 Å². The second kappa shape index (κ2) is 8.38. The van der Waals surface area contributed by atoms with E-state index in [-0.39, 0.29) is 6.04 Å². The van der Waals surface area contributed by atoms with Gasteiger partial charge in [0.05, 0.1) is 13.2 Å². The van der Waals surface area contributed by atoms with Crippen molar-refractivity contribution in [2.24, 2.45) is 11.7 Å². The third-order valence-corrected chi connectivity index (χ3v) is 3.74. The molecule has 0 heterocycles. The lowest BCUT2D eigenvalue weighted by molar-refractivity contribution is 0.287. The van der Waals surface area contributed by atoms with E-state index >= 15 is 0 Å².